The molecule has 1 atom stereocenters. The van der Waals surface area contributed by atoms with Gasteiger partial charge in [0.05, 0.1) is 6.04 Å². The number of hydrogen-bond acceptors (Lipinski definition) is 3. The fraction of sp³-hybridized carbons (Fsp3) is 0.438. The second kappa shape index (κ2) is 5.33. The highest BCUT2D eigenvalue weighted by atomic mass is 19.1. The van der Waals surface area contributed by atoms with Crippen LogP contribution in [-0.2, 0) is 9.59 Å². The van der Waals surface area contributed by atoms with Crippen molar-refractivity contribution in [2.24, 2.45) is 0 Å². The van der Waals surface area contributed by atoms with Crippen LogP contribution in [0.5, 0.6) is 0 Å². The van der Waals surface area contributed by atoms with E-state index in [0.29, 0.717) is 6.54 Å². The van der Waals surface area contributed by atoms with E-state index in [2.05, 4.69) is 5.32 Å². The van der Waals surface area contributed by atoms with E-state index in [-0.39, 0.29) is 24.3 Å². The highest BCUT2D eigenvalue weighted by molar-refractivity contribution is 6.07. The van der Waals surface area contributed by atoms with Gasteiger partial charge in [-0.15, -0.1) is 0 Å². The number of benzene rings is 1. The summed E-state index contributed by atoms with van der Waals surface area (Å²) in [5, 5.41) is 2.22. The van der Waals surface area contributed by atoms with E-state index in [9.17, 15) is 18.8 Å². The minimum absolute atomic E-state index is 0.104. The van der Waals surface area contributed by atoms with Gasteiger partial charge in [0.2, 0.25) is 5.91 Å². The Balaban J connectivity index is 1.70. The van der Waals surface area contributed by atoms with E-state index in [1.165, 1.54) is 17.0 Å². The molecular formula is C16H18FN3O3. The predicted octanol–water partition coefficient (Wildman–Crippen LogP) is 1.43. The summed E-state index contributed by atoms with van der Waals surface area (Å²) in [5.41, 5.74) is -0.171. The van der Waals surface area contributed by atoms with Crippen molar-refractivity contribution < 1.29 is 18.8 Å². The highest BCUT2D eigenvalue weighted by Gasteiger charge is 2.47. The fourth-order valence-corrected chi connectivity index (χ4v) is 2.91. The van der Waals surface area contributed by atoms with Gasteiger partial charge >= 0.3 is 6.03 Å². The predicted molar refractivity (Wildman–Crippen MR) is 79.8 cm³/mol. The van der Waals surface area contributed by atoms with Crippen molar-refractivity contribution in [3.8, 4) is 0 Å². The minimum Gasteiger partial charge on any atom is -0.334 e. The maximum Gasteiger partial charge on any atom is 0.325 e. The fourth-order valence-electron chi connectivity index (χ4n) is 2.91. The number of imide groups is 1. The van der Waals surface area contributed by atoms with E-state index >= 15 is 0 Å². The van der Waals surface area contributed by atoms with Gasteiger partial charge in [-0.1, -0.05) is 12.1 Å². The first-order valence-corrected chi connectivity index (χ1v) is 7.48. The average molecular weight is 319 g/mol. The lowest BCUT2D eigenvalue weighted by Gasteiger charge is -2.42. The molecule has 2 aliphatic rings. The van der Waals surface area contributed by atoms with Crippen LogP contribution in [0.4, 0.5) is 9.18 Å². The van der Waals surface area contributed by atoms with E-state index < -0.39 is 17.5 Å². The third kappa shape index (κ3) is 2.56. The summed E-state index contributed by atoms with van der Waals surface area (Å²) in [6, 6.07) is 5.41. The summed E-state index contributed by atoms with van der Waals surface area (Å²) in [6.07, 6.45) is 0.798. The van der Waals surface area contributed by atoms with Gasteiger partial charge in [-0.3, -0.25) is 14.9 Å². The number of carbonyl (C=O) groups is 3. The first-order chi connectivity index (χ1) is 10.8. The van der Waals surface area contributed by atoms with Crippen molar-refractivity contribution in [3.05, 3.63) is 35.6 Å². The Morgan fingerprint density at radius 1 is 1.30 bits per heavy atom. The lowest BCUT2D eigenvalue weighted by atomic mass is 9.94. The Kier molecular flexibility index (Phi) is 3.58. The summed E-state index contributed by atoms with van der Waals surface area (Å²) < 4.78 is 13.0. The molecule has 2 fully saturated rings. The molecule has 1 aromatic carbocycles. The normalized spacial score (nSPS) is 22.8. The molecule has 0 aliphatic carbocycles. The zero-order valence-electron chi connectivity index (χ0n) is 13.0. The van der Waals surface area contributed by atoms with Crippen LogP contribution in [-0.4, -0.2) is 46.3 Å². The number of hydrogen-bond donors (Lipinski definition) is 1. The van der Waals surface area contributed by atoms with Crippen LogP contribution in [0.15, 0.2) is 24.3 Å². The Morgan fingerprint density at radius 3 is 2.43 bits per heavy atom. The molecule has 122 valence electrons. The van der Waals surface area contributed by atoms with Crippen molar-refractivity contribution in [3.63, 3.8) is 0 Å². The first-order valence-electron chi connectivity index (χ1n) is 7.48. The molecule has 7 heteroatoms. The number of carbonyl (C=O) groups excluding carboxylic acids is 3. The maximum absolute atomic E-state index is 13.0. The van der Waals surface area contributed by atoms with Crippen molar-refractivity contribution in [1.29, 1.82) is 0 Å². The maximum atomic E-state index is 13.0. The van der Waals surface area contributed by atoms with Crippen molar-refractivity contribution in [1.82, 2.24) is 15.1 Å². The number of nitrogens with one attached hydrogen (secondary N) is 1. The van der Waals surface area contributed by atoms with Crippen molar-refractivity contribution in [2.75, 3.05) is 13.1 Å². The van der Waals surface area contributed by atoms with Gasteiger partial charge in [0, 0.05) is 6.54 Å². The van der Waals surface area contributed by atoms with Gasteiger partial charge in [0.25, 0.3) is 5.91 Å². The largest absolute Gasteiger partial charge is 0.334 e. The molecule has 0 bridgehead atoms. The van der Waals surface area contributed by atoms with Crippen molar-refractivity contribution >= 4 is 17.8 Å². The van der Waals surface area contributed by atoms with Gasteiger partial charge in [-0.05, 0) is 38.0 Å². The number of likely N-dealkylation sites (tertiary alicyclic amines) is 1. The van der Waals surface area contributed by atoms with Gasteiger partial charge < -0.3 is 9.80 Å². The second-order valence-electron chi connectivity index (χ2n) is 6.35. The van der Waals surface area contributed by atoms with E-state index in [4.69, 9.17) is 0 Å². The number of urea groups is 1. The van der Waals surface area contributed by atoms with Crippen LogP contribution >= 0.6 is 0 Å². The summed E-state index contributed by atoms with van der Waals surface area (Å²) in [6.45, 7) is 3.65. The highest BCUT2D eigenvalue weighted by Crippen LogP contribution is 2.34. The van der Waals surface area contributed by atoms with E-state index in [1.807, 2.05) is 0 Å². The molecule has 1 aromatic rings. The molecule has 4 amide bonds. The molecule has 0 spiro atoms. The van der Waals surface area contributed by atoms with Crippen LogP contribution < -0.4 is 5.32 Å². The summed E-state index contributed by atoms with van der Waals surface area (Å²) in [5.74, 6) is -0.947. The Morgan fingerprint density at radius 2 is 1.96 bits per heavy atom. The molecule has 2 aliphatic heterocycles. The summed E-state index contributed by atoms with van der Waals surface area (Å²) >= 11 is 0. The number of rotatable bonds is 3. The van der Waals surface area contributed by atoms with Gasteiger partial charge in [-0.25, -0.2) is 9.18 Å². The topological polar surface area (TPSA) is 69.7 Å². The molecule has 6 nitrogen and oxygen atoms in total. The molecule has 23 heavy (non-hydrogen) atoms. The molecule has 0 saturated carbocycles. The first kappa shape index (κ1) is 15.5. The third-order valence-corrected chi connectivity index (χ3v) is 4.58. The standard InChI is InChI=1S/C16H18FN3O3/c1-16(2)14(22)18-15(23)20(16)9-13(21)19-8-7-12(19)10-3-5-11(17)6-4-10/h3-6,12H,7-9H2,1-2H3,(H,18,22,23). The smallest absolute Gasteiger partial charge is 0.325 e. The second-order valence-corrected chi connectivity index (χ2v) is 6.35. The molecule has 2 saturated heterocycles. The molecule has 1 N–H and O–H groups in total. The van der Waals surface area contributed by atoms with Crippen LogP contribution in [0.25, 0.3) is 0 Å². The molecular weight excluding hydrogens is 301 g/mol. The number of amides is 4. The van der Waals surface area contributed by atoms with E-state index in [1.54, 1.807) is 30.9 Å². The van der Waals surface area contributed by atoms with E-state index in [0.717, 1.165) is 12.0 Å². The van der Waals surface area contributed by atoms with Crippen LogP contribution in [0.2, 0.25) is 0 Å². The molecule has 0 aromatic heterocycles. The SMILES string of the molecule is CC1(C)C(=O)NC(=O)N1CC(=O)N1CCC1c1ccc(F)cc1. The molecule has 0 radical (unpaired) electrons. The number of nitrogens with zero attached hydrogens (tertiary/aromatic N) is 2. The van der Waals surface area contributed by atoms with Gasteiger partial charge in [-0.2, -0.15) is 0 Å². The Labute approximate surface area is 133 Å². The zero-order chi connectivity index (χ0) is 16.8. The lowest BCUT2D eigenvalue weighted by Crippen LogP contribution is -2.53. The molecule has 3 rings (SSSR count). The molecule has 2 heterocycles. The van der Waals surface area contributed by atoms with Crippen molar-refractivity contribution in [2.45, 2.75) is 31.8 Å². The molecule has 1 unspecified atom stereocenters. The Hall–Kier alpha value is -2.44. The van der Waals surface area contributed by atoms with Crippen LogP contribution in [0.3, 0.4) is 0 Å². The summed E-state index contributed by atoms with van der Waals surface area (Å²) in [4.78, 5) is 39.0. The third-order valence-electron chi connectivity index (χ3n) is 4.58. The minimum atomic E-state index is -1.04. The average Bonchev–Trinajstić information content (AvgIpc) is 2.63. The number of halogens is 1. The summed E-state index contributed by atoms with van der Waals surface area (Å²) in [7, 11) is 0. The quantitative estimate of drug-likeness (QED) is 0.857. The zero-order valence-corrected chi connectivity index (χ0v) is 13.0. The van der Waals surface area contributed by atoms with Crippen LogP contribution in [0.1, 0.15) is 31.9 Å². The Bertz CT molecular complexity index is 672. The lowest BCUT2D eigenvalue weighted by molar-refractivity contribution is -0.141. The van der Waals surface area contributed by atoms with Gasteiger partial charge in [0.15, 0.2) is 0 Å². The monoisotopic (exact) mass is 319 g/mol. The van der Waals surface area contributed by atoms with Gasteiger partial charge in [0.1, 0.15) is 17.9 Å². The van der Waals surface area contributed by atoms with Crippen LogP contribution in [0, 0.1) is 5.82 Å².